The third-order valence-corrected chi connectivity index (χ3v) is 8.35. The SMILES string of the molecule is Cc1cccc[c]1[Bi][c]1ccccc1CN(C)C. The van der Waals surface area contributed by atoms with Gasteiger partial charge < -0.3 is 0 Å². The predicted molar refractivity (Wildman–Crippen MR) is 80.0 cm³/mol. The number of nitrogens with zero attached hydrogens (tertiary/aromatic N) is 1. The second-order valence-electron chi connectivity index (χ2n) is 4.76. The van der Waals surface area contributed by atoms with Crippen LogP contribution in [0.1, 0.15) is 11.1 Å². The van der Waals surface area contributed by atoms with Gasteiger partial charge in [-0.15, -0.1) is 0 Å². The van der Waals surface area contributed by atoms with E-state index in [1.165, 1.54) is 11.1 Å². The van der Waals surface area contributed by atoms with Crippen LogP contribution < -0.4 is 6.54 Å². The molecule has 0 aliphatic carbocycles. The molecule has 93 valence electrons. The van der Waals surface area contributed by atoms with Crippen molar-refractivity contribution in [2.24, 2.45) is 0 Å². The van der Waals surface area contributed by atoms with Gasteiger partial charge in [0, 0.05) is 0 Å². The summed E-state index contributed by atoms with van der Waals surface area (Å²) in [6.07, 6.45) is 0. The van der Waals surface area contributed by atoms with Gasteiger partial charge in [0.1, 0.15) is 0 Å². The third-order valence-electron chi connectivity index (χ3n) is 2.83. The van der Waals surface area contributed by atoms with Crippen molar-refractivity contribution in [1.82, 2.24) is 4.90 Å². The molecule has 0 heterocycles. The zero-order chi connectivity index (χ0) is 13.0. The molecule has 0 saturated heterocycles. The molecule has 18 heavy (non-hydrogen) atoms. The summed E-state index contributed by atoms with van der Waals surface area (Å²) in [5.74, 6) is 0. The molecule has 0 fully saturated rings. The molecule has 1 nitrogen and oxygen atoms in total. The third kappa shape index (κ3) is 3.64. The summed E-state index contributed by atoms with van der Waals surface area (Å²) in [5, 5.41) is 0. The first-order chi connectivity index (χ1) is 8.66. The summed E-state index contributed by atoms with van der Waals surface area (Å²) in [4.78, 5) is 2.25. The second-order valence-corrected chi connectivity index (χ2v) is 9.38. The summed E-state index contributed by atoms with van der Waals surface area (Å²) in [7, 11) is 4.27. The van der Waals surface area contributed by atoms with Crippen molar-refractivity contribution in [2.75, 3.05) is 14.1 Å². The molecule has 0 bridgehead atoms. The number of aryl methyl sites for hydroxylation is 1. The number of benzene rings is 2. The van der Waals surface area contributed by atoms with Crippen molar-refractivity contribution in [3.05, 3.63) is 59.7 Å². The van der Waals surface area contributed by atoms with Crippen molar-refractivity contribution in [2.45, 2.75) is 13.5 Å². The van der Waals surface area contributed by atoms with E-state index in [0.717, 1.165) is 6.54 Å². The Bertz CT molecular complexity index is 520. The maximum atomic E-state index is 2.32. The van der Waals surface area contributed by atoms with Crippen LogP contribution in [0.2, 0.25) is 0 Å². The van der Waals surface area contributed by atoms with E-state index in [9.17, 15) is 0 Å². The van der Waals surface area contributed by atoms with E-state index in [1.54, 1.807) is 6.54 Å². The van der Waals surface area contributed by atoms with E-state index in [1.807, 2.05) is 0 Å². The molecule has 0 unspecified atom stereocenters. The van der Waals surface area contributed by atoms with Gasteiger partial charge in [-0.25, -0.2) is 0 Å². The van der Waals surface area contributed by atoms with Gasteiger partial charge in [0.2, 0.25) is 0 Å². The Labute approximate surface area is 121 Å². The molecule has 0 aliphatic heterocycles. The Kier molecular flexibility index (Phi) is 4.91. The summed E-state index contributed by atoms with van der Waals surface area (Å²) in [6, 6.07) is 17.8. The fraction of sp³-hybridized carbons (Fsp3) is 0.250. The zero-order valence-corrected chi connectivity index (χ0v) is 14.7. The van der Waals surface area contributed by atoms with Crippen LogP contribution in [-0.2, 0) is 6.54 Å². The van der Waals surface area contributed by atoms with E-state index < -0.39 is 23.2 Å². The van der Waals surface area contributed by atoms with Crippen LogP contribution in [0, 0.1) is 6.92 Å². The fourth-order valence-corrected chi connectivity index (χ4v) is 6.27. The quantitative estimate of drug-likeness (QED) is 0.663. The van der Waals surface area contributed by atoms with Crippen LogP contribution in [0.5, 0.6) is 0 Å². The summed E-state index contributed by atoms with van der Waals surface area (Å²) in [5.41, 5.74) is 2.95. The molecular weight excluding hydrogens is 415 g/mol. The summed E-state index contributed by atoms with van der Waals surface area (Å²) >= 11 is -0.777. The fourth-order valence-electron chi connectivity index (χ4n) is 1.91. The Morgan fingerprint density at radius 3 is 2.17 bits per heavy atom. The van der Waals surface area contributed by atoms with E-state index in [2.05, 4.69) is 74.4 Å². The Morgan fingerprint density at radius 2 is 1.50 bits per heavy atom. The minimum absolute atomic E-state index is 0.777. The van der Waals surface area contributed by atoms with Crippen LogP contribution in [0.25, 0.3) is 0 Å². The number of rotatable bonds is 4. The van der Waals surface area contributed by atoms with Gasteiger partial charge in [-0.2, -0.15) is 0 Å². The summed E-state index contributed by atoms with van der Waals surface area (Å²) in [6.45, 7) is 3.28. The van der Waals surface area contributed by atoms with Gasteiger partial charge in [-0.1, -0.05) is 0 Å². The van der Waals surface area contributed by atoms with Crippen molar-refractivity contribution >= 4 is 29.8 Å². The molecule has 0 spiro atoms. The first-order valence-corrected chi connectivity index (χ1v) is 9.64. The molecule has 2 aromatic carbocycles. The molecule has 0 aliphatic rings. The molecule has 0 saturated carbocycles. The standard InChI is InChI=1S/C9H12N.C7H7.Bi/c1-10(2)8-9-6-4-3-5-7-9;1-7-5-3-2-4-6-7;/h3-6H,8H2,1-2H3;2-5H,1H3;. The first kappa shape index (κ1) is 13.7. The van der Waals surface area contributed by atoms with E-state index >= 15 is 0 Å². The Balaban J connectivity index is 2.26. The summed E-state index contributed by atoms with van der Waals surface area (Å²) < 4.78 is 3.21. The van der Waals surface area contributed by atoms with Crippen LogP contribution in [0.15, 0.2) is 48.5 Å². The monoisotopic (exact) mass is 434 g/mol. The van der Waals surface area contributed by atoms with Crippen LogP contribution in [-0.4, -0.2) is 42.2 Å². The average Bonchev–Trinajstić information content (AvgIpc) is 2.34. The molecule has 2 rings (SSSR count). The molecule has 1 radical (unpaired) electrons. The van der Waals surface area contributed by atoms with Gasteiger partial charge >= 0.3 is 122 Å². The van der Waals surface area contributed by atoms with Gasteiger partial charge in [0.15, 0.2) is 0 Å². The first-order valence-electron chi connectivity index (χ1n) is 6.17. The number of hydrogen-bond donors (Lipinski definition) is 0. The minimum atomic E-state index is -0.777. The molecule has 2 aromatic rings. The molecule has 0 aromatic heterocycles. The van der Waals surface area contributed by atoms with E-state index in [4.69, 9.17) is 0 Å². The van der Waals surface area contributed by atoms with Gasteiger partial charge in [-0.3, -0.25) is 0 Å². The van der Waals surface area contributed by atoms with E-state index in [0.29, 0.717) is 0 Å². The van der Waals surface area contributed by atoms with E-state index in [-0.39, 0.29) is 0 Å². The van der Waals surface area contributed by atoms with Crippen molar-refractivity contribution in [1.29, 1.82) is 0 Å². The molecular formula is C16H19BiN. The Hall–Kier alpha value is -0.717. The van der Waals surface area contributed by atoms with Crippen LogP contribution in [0.3, 0.4) is 0 Å². The van der Waals surface area contributed by atoms with Crippen molar-refractivity contribution in [3.63, 3.8) is 0 Å². The molecule has 0 amide bonds. The Morgan fingerprint density at radius 1 is 0.889 bits per heavy atom. The predicted octanol–water partition coefficient (Wildman–Crippen LogP) is 1.71. The van der Waals surface area contributed by atoms with Crippen molar-refractivity contribution < 1.29 is 0 Å². The maximum absolute atomic E-state index is 2.32. The average molecular weight is 434 g/mol. The zero-order valence-electron chi connectivity index (χ0n) is 11.2. The van der Waals surface area contributed by atoms with Crippen molar-refractivity contribution in [3.8, 4) is 0 Å². The van der Waals surface area contributed by atoms with Crippen LogP contribution >= 0.6 is 0 Å². The molecule has 0 atom stereocenters. The molecule has 2 heteroatoms. The van der Waals surface area contributed by atoms with Gasteiger partial charge in [0.25, 0.3) is 0 Å². The van der Waals surface area contributed by atoms with Gasteiger partial charge in [0.05, 0.1) is 0 Å². The second kappa shape index (κ2) is 6.45. The van der Waals surface area contributed by atoms with Crippen LogP contribution in [0.4, 0.5) is 0 Å². The number of hydrogen-bond acceptors (Lipinski definition) is 1. The normalized spacial score (nSPS) is 10.9. The molecule has 0 N–H and O–H groups in total. The topological polar surface area (TPSA) is 3.24 Å². The van der Waals surface area contributed by atoms with Gasteiger partial charge in [-0.05, 0) is 0 Å².